The molecule has 1 saturated carbocycles. The topological polar surface area (TPSA) is 75.7 Å². The molecule has 6 nitrogen and oxygen atoms in total. The lowest BCUT2D eigenvalue weighted by Gasteiger charge is -2.17. The van der Waals surface area contributed by atoms with Crippen molar-refractivity contribution >= 4 is 15.9 Å². The molecule has 0 heterocycles. The summed E-state index contributed by atoms with van der Waals surface area (Å²) in [6, 6.07) is 4.50. The molecule has 1 fully saturated rings. The highest BCUT2D eigenvalue weighted by atomic mass is 32.2. The molecule has 0 spiro atoms. The molecule has 1 N–H and O–H groups in total. The van der Waals surface area contributed by atoms with Crippen molar-refractivity contribution in [3.05, 3.63) is 30.1 Å². The van der Waals surface area contributed by atoms with Gasteiger partial charge in [-0.15, -0.1) is 0 Å². The Bertz CT molecular complexity index is 645. The largest absolute Gasteiger partial charge is 0.381 e. The minimum Gasteiger partial charge on any atom is -0.381 e. The summed E-state index contributed by atoms with van der Waals surface area (Å²) in [7, 11) is -2.49. The molecule has 24 heavy (non-hydrogen) atoms. The van der Waals surface area contributed by atoms with E-state index in [0.29, 0.717) is 25.5 Å². The van der Waals surface area contributed by atoms with Gasteiger partial charge in [0, 0.05) is 26.8 Å². The third kappa shape index (κ3) is 5.85. The molecule has 1 aliphatic carbocycles. The van der Waals surface area contributed by atoms with Gasteiger partial charge in [-0.05, 0) is 49.4 Å². The van der Waals surface area contributed by atoms with E-state index in [4.69, 9.17) is 4.74 Å². The van der Waals surface area contributed by atoms with E-state index in [2.05, 4.69) is 5.32 Å². The molecule has 1 aromatic rings. The van der Waals surface area contributed by atoms with Crippen molar-refractivity contribution in [2.75, 3.05) is 33.4 Å². The highest BCUT2D eigenvalue weighted by Crippen LogP contribution is 2.28. The van der Waals surface area contributed by atoms with Crippen LogP contribution in [0.2, 0.25) is 0 Å². The van der Waals surface area contributed by atoms with Gasteiger partial charge in [0.25, 0.3) is 0 Å². The minimum atomic E-state index is -3.81. The standard InChI is InChI=1S/C16H23FN2O4S/c1-19(24(21,22)15-7-5-14(17)6-8-15)11-16(20)18-9-2-10-23-12-13-3-4-13/h5-8,13H,2-4,9-12H2,1H3,(H,18,20). The summed E-state index contributed by atoms with van der Waals surface area (Å²) in [5.74, 6) is -0.187. The summed E-state index contributed by atoms with van der Waals surface area (Å²) in [6.07, 6.45) is 3.17. The fourth-order valence-electron chi connectivity index (χ4n) is 2.07. The molecule has 0 bridgehead atoms. The summed E-state index contributed by atoms with van der Waals surface area (Å²) < 4.78 is 43.8. The number of nitrogens with one attached hydrogen (secondary N) is 1. The van der Waals surface area contributed by atoms with E-state index < -0.39 is 15.8 Å². The van der Waals surface area contributed by atoms with Crippen LogP contribution in [0.4, 0.5) is 4.39 Å². The summed E-state index contributed by atoms with van der Waals surface area (Å²) in [5.41, 5.74) is 0. The number of rotatable bonds is 10. The predicted octanol–water partition coefficient (Wildman–Crippen LogP) is 1.38. The van der Waals surface area contributed by atoms with E-state index in [9.17, 15) is 17.6 Å². The highest BCUT2D eigenvalue weighted by Gasteiger charge is 2.23. The summed E-state index contributed by atoms with van der Waals surface area (Å²) in [6.45, 7) is 1.52. The number of halogens is 1. The van der Waals surface area contributed by atoms with Crippen LogP contribution in [0.15, 0.2) is 29.2 Å². The third-order valence-corrected chi connectivity index (χ3v) is 5.54. The van der Waals surface area contributed by atoms with Gasteiger partial charge < -0.3 is 10.1 Å². The zero-order chi connectivity index (χ0) is 17.6. The van der Waals surface area contributed by atoms with Crippen molar-refractivity contribution in [2.45, 2.75) is 24.2 Å². The van der Waals surface area contributed by atoms with Crippen LogP contribution in [-0.4, -0.2) is 52.0 Å². The van der Waals surface area contributed by atoms with Crippen molar-refractivity contribution < 1.29 is 22.3 Å². The lowest BCUT2D eigenvalue weighted by atomic mass is 10.4. The number of likely N-dealkylation sites (N-methyl/N-ethyl adjacent to an activating group) is 1. The Morgan fingerprint density at radius 2 is 2.00 bits per heavy atom. The molecule has 1 aliphatic rings. The first-order valence-electron chi connectivity index (χ1n) is 7.96. The van der Waals surface area contributed by atoms with Crippen LogP contribution in [0.3, 0.4) is 0 Å². The Kier molecular flexibility index (Phi) is 6.70. The summed E-state index contributed by atoms with van der Waals surface area (Å²) >= 11 is 0. The zero-order valence-electron chi connectivity index (χ0n) is 13.7. The number of benzene rings is 1. The Balaban J connectivity index is 1.70. The first-order valence-corrected chi connectivity index (χ1v) is 9.40. The highest BCUT2D eigenvalue weighted by molar-refractivity contribution is 7.89. The zero-order valence-corrected chi connectivity index (χ0v) is 14.5. The second-order valence-corrected chi connectivity index (χ2v) is 7.98. The van der Waals surface area contributed by atoms with E-state index in [1.165, 1.54) is 32.0 Å². The molecule has 0 saturated heterocycles. The molecule has 0 radical (unpaired) electrons. The molecule has 0 aliphatic heterocycles. The maximum absolute atomic E-state index is 12.9. The van der Waals surface area contributed by atoms with Gasteiger partial charge in [-0.25, -0.2) is 12.8 Å². The Morgan fingerprint density at radius 1 is 1.33 bits per heavy atom. The minimum absolute atomic E-state index is 0.0484. The fraction of sp³-hybridized carbons (Fsp3) is 0.562. The molecule has 134 valence electrons. The number of amides is 1. The van der Waals surface area contributed by atoms with Crippen LogP contribution < -0.4 is 5.32 Å². The molecular weight excluding hydrogens is 335 g/mol. The molecule has 0 atom stereocenters. The van der Waals surface area contributed by atoms with E-state index in [1.54, 1.807) is 0 Å². The van der Waals surface area contributed by atoms with Gasteiger partial charge >= 0.3 is 0 Å². The van der Waals surface area contributed by atoms with Crippen molar-refractivity contribution in [1.29, 1.82) is 0 Å². The summed E-state index contributed by atoms with van der Waals surface area (Å²) in [4.78, 5) is 11.8. The first kappa shape index (κ1) is 18.8. The summed E-state index contributed by atoms with van der Waals surface area (Å²) in [5, 5.41) is 2.66. The van der Waals surface area contributed by atoms with Gasteiger partial charge in [-0.2, -0.15) is 4.31 Å². The number of carbonyl (C=O) groups excluding carboxylic acids is 1. The van der Waals surface area contributed by atoms with Crippen molar-refractivity contribution in [1.82, 2.24) is 9.62 Å². The first-order chi connectivity index (χ1) is 11.4. The van der Waals surface area contributed by atoms with Crippen LogP contribution in [0.25, 0.3) is 0 Å². The average molecular weight is 358 g/mol. The quantitative estimate of drug-likeness (QED) is 0.641. The van der Waals surface area contributed by atoms with Crippen LogP contribution >= 0.6 is 0 Å². The average Bonchev–Trinajstić information content (AvgIpc) is 3.35. The maximum atomic E-state index is 12.9. The second kappa shape index (κ2) is 8.55. The van der Waals surface area contributed by atoms with E-state index >= 15 is 0 Å². The second-order valence-electron chi connectivity index (χ2n) is 5.94. The number of hydrogen-bond acceptors (Lipinski definition) is 4. The van der Waals surface area contributed by atoms with Gasteiger partial charge in [-0.1, -0.05) is 0 Å². The SMILES string of the molecule is CN(CC(=O)NCCCOCC1CC1)S(=O)(=O)c1ccc(F)cc1. The monoisotopic (exact) mass is 358 g/mol. The number of ether oxygens (including phenoxy) is 1. The smallest absolute Gasteiger partial charge is 0.243 e. The third-order valence-electron chi connectivity index (χ3n) is 3.73. The lowest BCUT2D eigenvalue weighted by molar-refractivity contribution is -0.121. The molecule has 1 aromatic carbocycles. The van der Waals surface area contributed by atoms with Gasteiger partial charge in [-0.3, -0.25) is 4.79 Å². The number of hydrogen-bond donors (Lipinski definition) is 1. The molecule has 0 aromatic heterocycles. The lowest BCUT2D eigenvalue weighted by Crippen LogP contribution is -2.38. The van der Waals surface area contributed by atoms with Crippen molar-refractivity contribution in [2.24, 2.45) is 5.92 Å². The number of carbonyl (C=O) groups is 1. The molecular formula is C16H23FN2O4S. The molecule has 8 heteroatoms. The Morgan fingerprint density at radius 3 is 2.62 bits per heavy atom. The van der Waals surface area contributed by atoms with Gasteiger partial charge in [0.2, 0.25) is 15.9 Å². The Labute approximate surface area is 142 Å². The maximum Gasteiger partial charge on any atom is 0.243 e. The molecule has 0 unspecified atom stereocenters. The van der Waals surface area contributed by atoms with E-state index in [1.807, 2.05) is 0 Å². The van der Waals surface area contributed by atoms with Gasteiger partial charge in [0.1, 0.15) is 5.82 Å². The van der Waals surface area contributed by atoms with Crippen LogP contribution in [0.1, 0.15) is 19.3 Å². The fourth-order valence-corrected chi connectivity index (χ4v) is 3.19. The van der Waals surface area contributed by atoms with E-state index in [0.717, 1.165) is 23.0 Å². The van der Waals surface area contributed by atoms with Crippen LogP contribution in [-0.2, 0) is 19.6 Å². The van der Waals surface area contributed by atoms with Crippen LogP contribution in [0.5, 0.6) is 0 Å². The Hall–Kier alpha value is -1.51. The van der Waals surface area contributed by atoms with Crippen molar-refractivity contribution in [3.63, 3.8) is 0 Å². The normalized spacial score (nSPS) is 14.8. The predicted molar refractivity (Wildman–Crippen MR) is 87.4 cm³/mol. The van der Waals surface area contributed by atoms with Crippen LogP contribution in [0, 0.1) is 11.7 Å². The van der Waals surface area contributed by atoms with Gasteiger partial charge in [0.05, 0.1) is 11.4 Å². The molecule has 2 rings (SSSR count). The number of nitrogens with zero attached hydrogens (tertiary/aromatic N) is 1. The van der Waals surface area contributed by atoms with Gasteiger partial charge in [0.15, 0.2) is 0 Å². The molecule has 1 amide bonds. The number of sulfonamides is 1. The van der Waals surface area contributed by atoms with E-state index in [-0.39, 0.29) is 17.3 Å². The van der Waals surface area contributed by atoms with Crippen molar-refractivity contribution in [3.8, 4) is 0 Å².